The van der Waals surface area contributed by atoms with Gasteiger partial charge in [-0.3, -0.25) is 4.79 Å². The lowest BCUT2D eigenvalue weighted by Gasteiger charge is -2.13. The zero-order valence-corrected chi connectivity index (χ0v) is 13.3. The molecule has 0 spiro atoms. The molecule has 0 unspecified atom stereocenters. The Morgan fingerprint density at radius 1 is 1.38 bits per heavy atom. The van der Waals surface area contributed by atoms with Crippen LogP contribution >= 0.6 is 11.6 Å². The van der Waals surface area contributed by atoms with Crippen molar-refractivity contribution in [1.29, 1.82) is 0 Å². The lowest BCUT2D eigenvalue weighted by molar-refractivity contribution is 0.0945. The van der Waals surface area contributed by atoms with Crippen molar-refractivity contribution < 1.29 is 22.7 Å². The number of sulfonamides is 1. The molecule has 7 nitrogen and oxygen atoms in total. The number of hydrogen-bond donors (Lipinski definition) is 2. The van der Waals surface area contributed by atoms with Gasteiger partial charge < -0.3 is 14.8 Å². The van der Waals surface area contributed by atoms with Gasteiger partial charge in [-0.2, -0.15) is 0 Å². The minimum absolute atomic E-state index is 0.00596. The van der Waals surface area contributed by atoms with E-state index in [9.17, 15) is 13.2 Å². The second-order valence-corrected chi connectivity index (χ2v) is 6.10. The SMILES string of the molecule is COCCCNC(=O)c1cc(Cl)cc(S(N)(=O)=O)c1OC. The van der Waals surface area contributed by atoms with Crippen molar-refractivity contribution in [2.45, 2.75) is 11.3 Å². The molecule has 21 heavy (non-hydrogen) atoms. The van der Waals surface area contributed by atoms with Crippen LogP contribution in [0.25, 0.3) is 0 Å². The molecule has 1 aromatic rings. The van der Waals surface area contributed by atoms with Crippen molar-refractivity contribution >= 4 is 27.5 Å². The molecule has 0 heterocycles. The van der Waals surface area contributed by atoms with Gasteiger partial charge in [-0.25, -0.2) is 13.6 Å². The third-order valence-electron chi connectivity index (χ3n) is 2.59. The standard InChI is InChI=1S/C12H17ClN2O5S/c1-19-5-3-4-15-12(16)9-6-8(13)7-10(11(9)20-2)21(14,17)18/h6-7H,3-5H2,1-2H3,(H,15,16)(H2,14,17,18). The highest BCUT2D eigenvalue weighted by Gasteiger charge is 2.23. The van der Waals surface area contributed by atoms with E-state index in [2.05, 4.69) is 5.32 Å². The van der Waals surface area contributed by atoms with Crippen LogP contribution in [0.15, 0.2) is 17.0 Å². The van der Waals surface area contributed by atoms with Gasteiger partial charge in [0.2, 0.25) is 10.0 Å². The molecule has 0 radical (unpaired) electrons. The second-order valence-electron chi connectivity index (χ2n) is 4.13. The predicted octanol–water partition coefficient (Wildman–Crippen LogP) is 0.762. The number of rotatable bonds is 7. The number of halogens is 1. The van der Waals surface area contributed by atoms with E-state index in [0.29, 0.717) is 19.6 Å². The van der Waals surface area contributed by atoms with E-state index in [1.807, 2.05) is 0 Å². The van der Waals surface area contributed by atoms with Gasteiger partial charge in [-0.1, -0.05) is 11.6 Å². The number of methoxy groups -OCH3 is 2. The number of ether oxygens (including phenoxy) is 2. The van der Waals surface area contributed by atoms with Crippen LogP contribution in [0.4, 0.5) is 0 Å². The molecular formula is C12H17ClN2O5S. The summed E-state index contributed by atoms with van der Waals surface area (Å²) in [6.07, 6.45) is 0.618. The van der Waals surface area contributed by atoms with Gasteiger partial charge in [0.25, 0.3) is 5.91 Å². The first-order chi connectivity index (χ1) is 9.81. The van der Waals surface area contributed by atoms with E-state index in [4.69, 9.17) is 26.2 Å². The van der Waals surface area contributed by atoms with Crippen LogP contribution in [0.5, 0.6) is 5.75 Å². The average Bonchev–Trinajstić information content (AvgIpc) is 2.41. The van der Waals surface area contributed by atoms with Gasteiger partial charge in [0.15, 0.2) is 5.75 Å². The van der Waals surface area contributed by atoms with Crippen LogP contribution in [-0.2, 0) is 14.8 Å². The fourth-order valence-electron chi connectivity index (χ4n) is 1.67. The quantitative estimate of drug-likeness (QED) is 0.715. The van der Waals surface area contributed by atoms with Gasteiger partial charge >= 0.3 is 0 Å². The zero-order chi connectivity index (χ0) is 16.0. The fraction of sp³-hybridized carbons (Fsp3) is 0.417. The Kier molecular flexibility index (Phi) is 6.41. The molecule has 0 aliphatic carbocycles. The van der Waals surface area contributed by atoms with E-state index < -0.39 is 15.9 Å². The zero-order valence-electron chi connectivity index (χ0n) is 11.7. The third-order valence-corrected chi connectivity index (χ3v) is 3.72. The molecule has 1 amide bonds. The van der Waals surface area contributed by atoms with Crippen LogP contribution in [0.1, 0.15) is 16.8 Å². The molecule has 0 atom stereocenters. The topological polar surface area (TPSA) is 108 Å². The van der Waals surface area contributed by atoms with E-state index in [-0.39, 0.29) is 21.2 Å². The second kappa shape index (κ2) is 7.60. The molecule has 0 aromatic heterocycles. The van der Waals surface area contributed by atoms with Gasteiger partial charge in [-0.15, -0.1) is 0 Å². The van der Waals surface area contributed by atoms with Crippen LogP contribution in [0, 0.1) is 0 Å². The average molecular weight is 337 g/mol. The Morgan fingerprint density at radius 2 is 2.05 bits per heavy atom. The van der Waals surface area contributed by atoms with Crippen molar-refractivity contribution in [3.8, 4) is 5.75 Å². The number of hydrogen-bond acceptors (Lipinski definition) is 5. The normalized spacial score (nSPS) is 11.2. The van der Waals surface area contributed by atoms with E-state index in [1.165, 1.54) is 13.2 Å². The Hall–Kier alpha value is -1.35. The molecule has 118 valence electrons. The maximum atomic E-state index is 12.1. The summed E-state index contributed by atoms with van der Waals surface area (Å²) in [5.41, 5.74) is 0.00596. The molecule has 1 aromatic carbocycles. The van der Waals surface area contributed by atoms with E-state index in [0.717, 1.165) is 6.07 Å². The first-order valence-corrected chi connectivity index (χ1v) is 7.91. The van der Waals surface area contributed by atoms with E-state index in [1.54, 1.807) is 7.11 Å². The number of carbonyl (C=O) groups is 1. The summed E-state index contributed by atoms with van der Waals surface area (Å²) in [4.78, 5) is 11.8. The summed E-state index contributed by atoms with van der Waals surface area (Å²) < 4.78 is 32.9. The monoisotopic (exact) mass is 336 g/mol. The Morgan fingerprint density at radius 3 is 2.57 bits per heavy atom. The predicted molar refractivity (Wildman–Crippen MR) is 78.2 cm³/mol. The molecular weight excluding hydrogens is 320 g/mol. The first-order valence-electron chi connectivity index (χ1n) is 5.98. The minimum atomic E-state index is -4.06. The fourth-order valence-corrected chi connectivity index (χ4v) is 2.70. The lowest BCUT2D eigenvalue weighted by atomic mass is 10.2. The van der Waals surface area contributed by atoms with Crippen molar-refractivity contribution in [1.82, 2.24) is 5.32 Å². The summed E-state index contributed by atoms with van der Waals surface area (Å²) in [5, 5.41) is 7.79. The number of benzene rings is 1. The number of primary sulfonamides is 1. The lowest BCUT2D eigenvalue weighted by Crippen LogP contribution is -2.26. The van der Waals surface area contributed by atoms with Crippen LogP contribution < -0.4 is 15.2 Å². The number of carbonyl (C=O) groups excluding carboxylic acids is 1. The first kappa shape index (κ1) is 17.7. The highest BCUT2D eigenvalue weighted by Crippen LogP contribution is 2.31. The molecule has 1 rings (SSSR count). The smallest absolute Gasteiger partial charge is 0.255 e. The summed E-state index contributed by atoms with van der Waals surface area (Å²) in [5.74, 6) is -0.638. The largest absolute Gasteiger partial charge is 0.494 e. The maximum absolute atomic E-state index is 12.1. The molecule has 0 fully saturated rings. The minimum Gasteiger partial charge on any atom is -0.494 e. The van der Waals surface area contributed by atoms with E-state index >= 15 is 0 Å². The highest BCUT2D eigenvalue weighted by atomic mass is 35.5. The molecule has 0 bridgehead atoms. The highest BCUT2D eigenvalue weighted by molar-refractivity contribution is 7.89. The van der Waals surface area contributed by atoms with Gasteiger partial charge in [0, 0.05) is 25.3 Å². The third kappa shape index (κ3) is 4.85. The van der Waals surface area contributed by atoms with Gasteiger partial charge in [0.05, 0.1) is 12.7 Å². The number of amides is 1. The number of nitrogens with one attached hydrogen (secondary N) is 1. The van der Waals surface area contributed by atoms with Crippen LogP contribution in [-0.4, -0.2) is 41.7 Å². The van der Waals surface area contributed by atoms with Gasteiger partial charge in [0.1, 0.15) is 4.90 Å². The molecule has 0 saturated carbocycles. The number of nitrogens with two attached hydrogens (primary N) is 1. The van der Waals surface area contributed by atoms with Crippen molar-refractivity contribution in [2.24, 2.45) is 5.14 Å². The Labute approximate surface area is 128 Å². The van der Waals surface area contributed by atoms with Crippen molar-refractivity contribution in [2.75, 3.05) is 27.4 Å². The van der Waals surface area contributed by atoms with Gasteiger partial charge in [-0.05, 0) is 18.6 Å². The molecule has 3 N–H and O–H groups in total. The van der Waals surface area contributed by atoms with Crippen LogP contribution in [0.3, 0.4) is 0 Å². The summed E-state index contributed by atoms with van der Waals surface area (Å²) in [6.45, 7) is 0.864. The summed E-state index contributed by atoms with van der Waals surface area (Å²) in [7, 11) is -1.26. The summed E-state index contributed by atoms with van der Waals surface area (Å²) >= 11 is 5.84. The van der Waals surface area contributed by atoms with Crippen molar-refractivity contribution in [3.05, 3.63) is 22.7 Å². The Balaban J connectivity index is 3.12. The maximum Gasteiger partial charge on any atom is 0.255 e. The molecule has 0 aliphatic rings. The summed E-state index contributed by atoms with van der Waals surface area (Å²) in [6, 6.07) is 2.46. The molecule has 9 heteroatoms. The van der Waals surface area contributed by atoms with Crippen molar-refractivity contribution in [3.63, 3.8) is 0 Å². The van der Waals surface area contributed by atoms with Crippen LogP contribution in [0.2, 0.25) is 5.02 Å². The molecule has 0 aliphatic heterocycles. The Bertz CT molecular complexity index is 618. The molecule has 0 saturated heterocycles.